The highest BCUT2D eigenvalue weighted by molar-refractivity contribution is 7.80. The molecular formula is C11H8ClFN2OS. The number of halogens is 2. The summed E-state index contributed by atoms with van der Waals surface area (Å²) in [7, 11) is 1.54. The Kier molecular flexibility index (Phi) is 3.13. The monoisotopic (exact) mass is 270 g/mol. The van der Waals surface area contributed by atoms with Crippen molar-refractivity contribution in [3.63, 3.8) is 0 Å². The Morgan fingerprint density at radius 1 is 1.53 bits per heavy atom. The minimum absolute atomic E-state index is 0.170. The van der Waals surface area contributed by atoms with Crippen LogP contribution in [0.15, 0.2) is 23.9 Å². The maximum Gasteiger partial charge on any atom is 0.276 e. The number of carbonyl (C=O) groups is 1. The van der Waals surface area contributed by atoms with Crippen molar-refractivity contribution in [2.75, 3.05) is 7.05 Å². The van der Waals surface area contributed by atoms with Gasteiger partial charge in [0.15, 0.2) is 5.11 Å². The molecule has 3 nitrogen and oxygen atoms in total. The van der Waals surface area contributed by atoms with E-state index in [2.05, 4.69) is 5.32 Å². The smallest absolute Gasteiger partial charge is 0.276 e. The van der Waals surface area contributed by atoms with Gasteiger partial charge < -0.3 is 5.32 Å². The highest BCUT2D eigenvalue weighted by Gasteiger charge is 2.27. The van der Waals surface area contributed by atoms with Crippen molar-refractivity contribution in [1.29, 1.82) is 0 Å². The SMILES string of the molecule is CN1C(=O)/C(=C\c2c(F)cccc2Cl)NC1=S. The number of nitrogens with one attached hydrogen (secondary N) is 1. The normalized spacial score (nSPS) is 17.8. The first-order valence-corrected chi connectivity index (χ1v) is 5.54. The maximum atomic E-state index is 13.5. The molecule has 0 unspecified atom stereocenters. The number of amides is 1. The second-order valence-corrected chi connectivity index (χ2v) is 4.28. The number of likely N-dealkylation sites (N-methyl/N-ethyl adjacent to an activating group) is 1. The third-order valence-corrected chi connectivity index (χ3v) is 3.08. The number of hydrogen-bond donors (Lipinski definition) is 1. The van der Waals surface area contributed by atoms with E-state index in [9.17, 15) is 9.18 Å². The molecule has 1 N–H and O–H groups in total. The van der Waals surface area contributed by atoms with Gasteiger partial charge in [-0.25, -0.2) is 4.39 Å². The molecule has 1 aliphatic rings. The van der Waals surface area contributed by atoms with E-state index in [4.69, 9.17) is 23.8 Å². The molecule has 0 atom stereocenters. The minimum Gasteiger partial charge on any atom is -0.328 e. The van der Waals surface area contributed by atoms with Gasteiger partial charge in [0.2, 0.25) is 0 Å². The van der Waals surface area contributed by atoms with Crippen molar-refractivity contribution in [3.8, 4) is 0 Å². The van der Waals surface area contributed by atoms with Crippen molar-refractivity contribution >= 4 is 40.9 Å². The summed E-state index contributed by atoms with van der Waals surface area (Å²) in [5.74, 6) is -0.797. The van der Waals surface area contributed by atoms with Gasteiger partial charge in [-0.05, 0) is 30.4 Å². The first-order valence-electron chi connectivity index (χ1n) is 4.75. The van der Waals surface area contributed by atoms with E-state index in [1.165, 1.54) is 23.1 Å². The lowest BCUT2D eigenvalue weighted by Gasteiger charge is -2.03. The summed E-state index contributed by atoms with van der Waals surface area (Å²) in [6.45, 7) is 0. The average molecular weight is 271 g/mol. The first-order chi connectivity index (χ1) is 8.00. The Labute approximate surface area is 108 Å². The molecule has 0 aliphatic carbocycles. The van der Waals surface area contributed by atoms with Crippen molar-refractivity contribution in [2.45, 2.75) is 0 Å². The van der Waals surface area contributed by atoms with Crippen LogP contribution in [0, 0.1) is 5.82 Å². The summed E-state index contributed by atoms with van der Waals surface area (Å²) < 4.78 is 13.5. The van der Waals surface area contributed by atoms with Crippen LogP contribution in [0.2, 0.25) is 5.02 Å². The van der Waals surface area contributed by atoms with E-state index in [1.807, 2.05) is 0 Å². The number of rotatable bonds is 1. The molecule has 1 amide bonds. The predicted octanol–water partition coefficient (Wildman–Crippen LogP) is 2.17. The lowest BCUT2D eigenvalue weighted by Crippen LogP contribution is -2.25. The van der Waals surface area contributed by atoms with Crippen LogP contribution >= 0.6 is 23.8 Å². The fourth-order valence-electron chi connectivity index (χ4n) is 1.42. The van der Waals surface area contributed by atoms with Gasteiger partial charge in [0.1, 0.15) is 11.5 Å². The molecule has 1 heterocycles. The number of carbonyl (C=O) groups excluding carboxylic acids is 1. The quantitative estimate of drug-likeness (QED) is 0.627. The van der Waals surface area contributed by atoms with Crippen LogP contribution < -0.4 is 5.32 Å². The zero-order valence-corrected chi connectivity index (χ0v) is 10.4. The number of benzene rings is 1. The summed E-state index contributed by atoms with van der Waals surface area (Å²) in [5.41, 5.74) is 0.382. The third-order valence-electron chi connectivity index (χ3n) is 2.37. The standard InChI is InChI=1S/C11H8ClFN2OS/c1-15-10(16)9(14-11(15)17)5-6-7(12)3-2-4-8(6)13/h2-5H,1H3,(H,14,17)/b9-5+. The Hall–Kier alpha value is -1.46. The largest absolute Gasteiger partial charge is 0.328 e. The topological polar surface area (TPSA) is 32.3 Å². The van der Waals surface area contributed by atoms with Crippen molar-refractivity contribution in [1.82, 2.24) is 10.2 Å². The third kappa shape index (κ3) is 2.16. The Morgan fingerprint density at radius 2 is 2.24 bits per heavy atom. The zero-order chi connectivity index (χ0) is 12.6. The van der Waals surface area contributed by atoms with E-state index in [1.54, 1.807) is 13.1 Å². The second-order valence-electron chi connectivity index (χ2n) is 3.49. The van der Waals surface area contributed by atoms with Crippen LogP contribution in [0.3, 0.4) is 0 Å². The number of thiocarbonyl (C=S) groups is 1. The molecule has 1 saturated heterocycles. The van der Waals surface area contributed by atoms with Crippen LogP contribution in [0.4, 0.5) is 4.39 Å². The summed E-state index contributed by atoms with van der Waals surface area (Å²) in [6.07, 6.45) is 1.36. The van der Waals surface area contributed by atoms with Crippen LogP contribution in [0.1, 0.15) is 5.56 Å². The summed E-state index contributed by atoms with van der Waals surface area (Å²) in [4.78, 5) is 13.0. The molecule has 2 rings (SSSR count). The minimum atomic E-state index is -0.486. The number of hydrogen-bond acceptors (Lipinski definition) is 2. The van der Waals surface area contributed by atoms with Gasteiger partial charge >= 0.3 is 0 Å². The summed E-state index contributed by atoms with van der Waals surface area (Å²) in [5, 5.41) is 3.23. The Bertz CT molecular complexity index is 524. The molecule has 1 aromatic rings. The van der Waals surface area contributed by atoms with Gasteiger partial charge in [-0.3, -0.25) is 9.69 Å². The molecule has 6 heteroatoms. The van der Waals surface area contributed by atoms with E-state index < -0.39 is 5.82 Å². The van der Waals surface area contributed by atoms with Crippen LogP contribution in [0.5, 0.6) is 0 Å². The highest BCUT2D eigenvalue weighted by atomic mass is 35.5. The number of nitrogens with zero attached hydrogens (tertiary/aromatic N) is 1. The summed E-state index contributed by atoms with van der Waals surface area (Å²) in [6, 6.07) is 4.33. The highest BCUT2D eigenvalue weighted by Crippen LogP contribution is 2.22. The molecular weight excluding hydrogens is 263 g/mol. The van der Waals surface area contributed by atoms with Crippen LogP contribution in [0.25, 0.3) is 6.08 Å². The summed E-state index contributed by atoms with van der Waals surface area (Å²) >= 11 is 10.8. The maximum absolute atomic E-state index is 13.5. The van der Waals surface area contributed by atoms with Crippen molar-refractivity contribution in [3.05, 3.63) is 40.3 Å². The van der Waals surface area contributed by atoms with Gasteiger partial charge in [-0.1, -0.05) is 17.7 Å². The van der Waals surface area contributed by atoms with Crippen LogP contribution in [-0.2, 0) is 4.79 Å². The molecule has 0 aromatic heterocycles. The molecule has 0 radical (unpaired) electrons. The van der Waals surface area contributed by atoms with Crippen molar-refractivity contribution in [2.24, 2.45) is 0 Å². The fraction of sp³-hybridized carbons (Fsp3) is 0.0909. The van der Waals surface area contributed by atoms with E-state index in [0.717, 1.165) is 0 Å². The average Bonchev–Trinajstić information content (AvgIpc) is 2.52. The van der Waals surface area contributed by atoms with Gasteiger partial charge in [-0.15, -0.1) is 0 Å². The van der Waals surface area contributed by atoms with E-state index in [0.29, 0.717) is 0 Å². The lowest BCUT2D eigenvalue weighted by molar-refractivity contribution is -0.121. The molecule has 17 heavy (non-hydrogen) atoms. The van der Waals surface area contributed by atoms with Gasteiger partial charge in [0.05, 0.1) is 5.02 Å². The second kappa shape index (κ2) is 4.43. The van der Waals surface area contributed by atoms with Crippen LogP contribution in [-0.4, -0.2) is 23.0 Å². The Balaban J connectivity index is 2.44. The Morgan fingerprint density at radius 3 is 2.76 bits per heavy atom. The predicted molar refractivity (Wildman–Crippen MR) is 67.9 cm³/mol. The van der Waals surface area contributed by atoms with Gasteiger partial charge in [0.25, 0.3) is 5.91 Å². The van der Waals surface area contributed by atoms with Gasteiger partial charge in [0, 0.05) is 12.6 Å². The van der Waals surface area contributed by atoms with E-state index >= 15 is 0 Å². The molecule has 1 aliphatic heterocycles. The lowest BCUT2D eigenvalue weighted by atomic mass is 10.1. The van der Waals surface area contributed by atoms with Crippen molar-refractivity contribution < 1.29 is 9.18 Å². The first kappa shape index (κ1) is 12.0. The van der Waals surface area contributed by atoms with E-state index in [-0.39, 0.29) is 27.3 Å². The molecule has 1 fully saturated rings. The fourth-order valence-corrected chi connectivity index (χ4v) is 1.83. The zero-order valence-electron chi connectivity index (χ0n) is 8.83. The molecule has 1 aromatic carbocycles. The molecule has 88 valence electrons. The molecule has 0 spiro atoms. The molecule has 0 saturated carbocycles. The molecule has 0 bridgehead atoms. The van der Waals surface area contributed by atoms with Gasteiger partial charge in [-0.2, -0.15) is 0 Å².